The van der Waals surface area contributed by atoms with Crippen LogP contribution in [0.5, 0.6) is 0 Å². The Bertz CT molecular complexity index is 1040. The molecule has 9 heteroatoms. The number of carbonyl (C=O) groups is 1. The Morgan fingerprint density at radius 3 is 2.27 bits per heavy atom. The minimum Gasteiger partial charge on any atom is -0.323 e. The third-order valence-corrected chi connectivity index (χ3v) is 8.00. The lowest BCUT2D eigenvalue weighted by molar-refractivity contribution is 0.206. The summed E-state index contributed by atoms with van der Waals surface area (Å²) in [5.74, 6) is -1.31. The van der Waals surface area contributed by atoms with Crippen molar-refractivity contribution in [3.63, 3.8) is 0 Å². The average molecular weight is 435 g/mol. The summed E-state index contributed by atoms with van der Waals surface area (Å²) in [7, 11) is -1.58. The van der Waals surface area contributed by atoms with Crippen LogP contribution in [0.25, 0.3) is 11.1 Å². The van der Waals surface area contributed by atoms with Crippen molar-refractivity contribution in [1.82, 2.24) is 9.21 Å². The van der Waals surface area contributed by atoms with Crippen LogP contribution >= 0.6 is 0 Å². The lowest BCUT2D eigenvalue weighted by Gasteiger charge is -2.25. The highest BCUT2D eigenvalue weighted by Crippen LogP contribution is 2.33. The number of rotatable bonds is 5. The molecule has 0 radical (unpaired) electrons. The third-order valence-electron chi connectivity index (χ3n) is 5.63. The van der Waals surface area contributed by atoms with Crippen LogP contribution in [0.4, 0.5) is 19.3 Å². The molecule has 1 saturated heterocycles. The number of anilines is 1. The molecule has 6 nitrogen and oxygen atoms in total. The van der Waals surface area contributed by atoms with E-state index in [1.54, 1.807) is 31.3 Å². The Balaban J connectivity index is 1.37. The van der Waals surface area contributed by atoms with Crippen LogP contribution in [0.15, 0.2) is 42.5 Å². The molecule has 1 aliphatic carbocycles. The normalized spacial score (nSPS) is 19.6. The standard InChI is InChI=1S/C21H23F2N3O3S/c1-25(19-8-9-26(13-19)30(28,29)20-6-7-20)21(27)24-18-4-2-14(3-5-18)15-10-16(22)12-17(23)11-15/h2-5,10-12,19-20H,6-9,13H2,1H3,(H,24,27)/t19-/m1/s1. The van der Waals surface area contributed by atoms with Crippen LogP contribution in [-0.2, 0) is 10.0 Å². The zero-order chi connectivity index (χ0) is 21.5. The van der Waals surface area contributed by atoms with Gasteiger partial charge in [-0.25, -0.2) is 22.0 Å². The summed E-state index contributed by atoms with van der Waals surface area (Å²) in [4.78, 5) is 14.1. The van der Waals surface area contributed by atoms with Gasteiger partial charge in [-0.15, -0.1) is 0 Å². The first-order valence-electron chi connectivity index (χ1n) is 9.83. The van der Waals surface area contributed by atoms with E-state index in [1.807, 2.05) is 0 Å². The van der Waals surface area contributed by atoms with Gasteiger partial charge in [-0.1, -0.05) is 12.1 Å². The average Bonchev–Trinajstić information content (AvgIpc) is 3.45. The van der Waals surface area contributed by atoms with E-state index in [4.69, 9.17) is 0 Å². The topological polar surface area (TPSA) is 69.7 Å². The molecule has 2 aliphatic rings. The second-order valence-corrected chi connectivity index (χ2v) is 10.0. The number of sulfonamides is 1. The molecule has 1 heterocycles. The van der Waals surface area contributed by atoms with E-state index < -0.39 is 21.7 Å². The number of benzene rings is 2. The maximum atomic E-state index is 13.4. The molecule has 160 valence electrons. The predicted molar refractivity (Wildman–Crippen MR) is 110 cm³/mol. The molecular formula is C21H23F2N3O3S. The van der Waals surface area contributed by atoms with Crippen molar-refractivity contribution in [2.75, 3.05) is 25.5 Å². The van der Waals surface area contributed by atoms with Gasteiger partial charge in [0, 0.05) is 37.9 Å². The van der Waals surface area contributed by atoms with Crippen LogP contribution < -0.4 is 5.32 Å². The SMILES string of the molecule is CN(C(=O)Nc1ccc(-c2cc(F)cc(F)c2)cc1)[C@@H]1CCN(S(=O)(=O)C2CC2)C1. The fourth-order valence-corrected chi connectivity index (χ4v) is 5.57. The van der Waals surface area contributed by atoms with Gasteiger partial charge in [-0.05, 0) is 54.7 Å². The molecule has 2 aromatic carbocycles. The number of halogens is 2. The van der Waals surface area contributed by atoms with Gasteiger partial charge in [0.15, 0.2) is 0 Å². The Labute approximate surface area is 174 Å². The van der Waals surface area contributed by atoms with Gasteiger partial charge in [0.2, 0.25) is 10.0 Å². The number of hydrogen-bond donors (Lipinski definition) is 1. The largest absolute Gasteiger partial charge is 0.323 e. The number of nitrogens with zero attached hydrogens (tertiary/aromatic N) is 2. The summed E-state index contributed by atoms with van der Waals surface area (Å²) in [5.41, 5.74) is 1.56. The molecule has 1 saturated carbocycles. The van der Waals surface area contributed by atoms with Crippen molar-refractivity contribution in [2.24, 2.45) is 0 Å². The summed E-state index contributed by atoms with van der Waals surface area (Å²) in [5, 5.41) is 2.53. The lowest BCUT2D eigenvalue weighted by Crippen LogP contribution is -2.42. The van der Waals surface area contributed by atoms with Crippen molar-refractivity contribution in [3.8, 4) is 11.1 Å². The molecule has 2 amide bonds. The van der Waals surface area contributed by atoms with Gasteiger partial charge >= 0.3 is 6.03 Å². The summed E-state index contributed by atoms with van der Waals surface area (Å²) in [6.07, 6.45) is 2.04. The molecule has 30 heavy (non-hydrogen) atoms. The summed E-state index contributed by atoms with van der Waals surface area (Å²) >= 11 is 0. The third kappa shape index (κ3) is 4.32. The minimum atomic E-state index is -3.23. The predicted octanol–water partition coefficient (Wildman–Crippen LogP) is 3.66. The number of hydrogen-bond acceptors (Lipinski definition) is 3. The molecule has 2 aromatic rings. The highest BCUT2D eigenvalue weighted by molar-refractivity contribution is 7.90. The summed E-state index contributed by atoms with van der Waals surface area (Å²) < 4.78 is 53.1. The zero-order valence-corrected chi connectivity index (χ0v) is 17.3. The molecule has 0 spiro atoms. The number of urea groups is 1. The second-order valence-electron chi connectivity index (χ2n) is 7.82. The van der Waals surface area contributed by atoms with Crippen LogP contribution in [0, 0.1) is 11.6 Å². The Morgan fingerprint density at radius 1 is 1.03 bits per heavy atom. The monoisotopic (exact) mass is 435 g/mol. The second kappa shape index (κ2) is 7.96. The summed E-state index contributed by atoms with van der Waals surface area (Å²) in [6, 6.07) is 9.42. The minimum absolute atomic E-state index is 0.187. The van der Waals surface area contributed by atoms with Crippen molar-refractivity contribution in [2.45, 2.75) is 30.6 Å². The highest BCUT2D eigenvalue weighted by atomic mass is 32.2. The molecule has 1 N–H and O–H groups in total. The Morgan fingerprint density at radius 2 is 1.67 bits per heavy atom. The number of nitrogens with one attached hydrogen (secondary N) is 1. The fraction of sp³-hybridized carbons (Fsp3) is 0.381. The van der Waals surface area contributed by atoms with E-state index in [9.17, 15) is 22.0 Å². The molecule has 2 fully saturated rings. The van der Waals surface area contributed by atoms with Crippen molar-refractivity contribution >= 4 is 21.7 Å². The van der Waals surface area contributed by atoms with E-state index in [0.29, 0.717) is 36.3 Å². The van der Waals surface area contributed by atoms with Gasteiger partial charge in [0.1, 0.15) is 11.6 Å². The van der Waals surface area contributed by atoms with E-state index in [-0.39, 0.29) is 17.3 Å². The molecule has 1 atom stereocenters. The first-order valence-corrected chi connectivity index (χ1v) is 11.3. The van der Waals surface area contributed by atoms with E-state index in [2.05, 4.69) is 5.32 Å². The smallest absolute Gasteiger partial charge is 0.321 e. The number of amides is 2. The van der Waals surface area contributed by atoms with Gasteiger partial charge < -0.3 is 10.2 Å². The van der Waals surface area contributed by atoms with Gasteiger partial charge in [-0.3, -0.25) is 0 Å². The van der Waals surface area contributed by atoms with E-state index in [0.717, 1.165) is 18.9 Å². The molecule has 0 bridgehead atoms. The van der Waals surface area contributed by atoms with E-state index in [1.165, 1.54) is 21.3 Å². The Hall–Kier alpha value is -2.52. The number of carbonyl (C=O) groups excluding carboxylic acids is 1. The van der Waals surface area contributed by atoms with Crippen LogP contribution in [-0.4, -0.2) is 55.1 Å². The first kappa shape index (κ1) is 20.7. The fourth-order valence-electron chi connectivity index (χ4n) is 3.68. The van der Waals surface area contributed by atoms with Gasteiger partial charge in [0.25, 0.3) is 0 Å². The van der Waals surface area contributed by atoms with Crippen LogP contribution in [0.3, 0.4) is 0 Å². The number of likely N-dealkylation sites (N-methyl/N-ethyl adjacent to an activating group) is 1. The molecule has 1 aliphatic heterocycles. The maximum Gasteiger partial charge on any atom is 0.321 e. The molecular weight excluding hydrogens is 412 g/mol. The van der Waals surface area contributed by atoms with E-state index >= 15 is 0 Å². The molecule has 0 aromatic heterocycles. The van der Waals surface area contributed by atoms with Gasteiger partial charge in [-0.2, -0.15) is 4.31 Å². The van der Waals surface area contributed by atoms with Crippen molar-refractivity contribution in [1.29, 1.82) is 0 Å². The van der Waals surface area contributed by atoms with Crippen molar-refractivity contribution < 1.29 is 22.0 Å². The Kier molecular flexibility index (Phi) is 5.50. The highest BCUT2D eigenvalue weighted by Gasteiger charge is 2.43. The molecule has 4 rings (SSSR count). The molecule has 0 unspecified atom stereocenters. The van der Waals surface area contributed by atoms with Crippen LogP contribution in [0.1, 0.15) is 19.3 Å². The van der Waals surface area contributed by atoms with Crippen molar-refractivity contribution in [3.05, 3.63) is 54.1 Å². The quantitative estimate of drug-likeness (QED) is 0.779. The van der Waals surface area contributed by atoms with Crippen LogP contribution in [0.2, 0.25) is 0 Å². The summed E-state index contributed by atoms with van der Waals surface area (Å²) in [6.45, 7) is 0.743. The zero-order valence-electron chi connectivity index (χ0n) is 16.5. The first-order chi connectivity index (χ1) is 14.2. The lowest BCUT2D eigenvalue weighted by atomic mass is 10.1. The maximum absolute atomic E-state index is 13.4. The van der Waals surface area contributed by atoms with Gasteiger partial charge in [0.05, 0.1) is 5.25 Å².